The molecule has 0 bridgehead atoms. The van der Waals surface area contributed by atoms with Gasteiger partial charge >= 0.3 is 0 Å². The maximum absolute atomic E-state index is 13.7. The Morgan fingerprint density at radius 3 is 2.64 bits per heavy atom. The van der Waals surface area contributed by atoms with Gasteiger partial charge in [-0.3, -0.25) is 24.6 Å². The van der Waals surface area contributed by atoms with Crippen LogP contribution < -0.4 is 4.90 Å². The lowest BCUT2D eigenvalue weighted by Gasteiger charge is -2.27. The summed E-state index contributed by atoms with van der Waals surface area (Å²) in [6.07, 6.45) is 4.03. The molecule has 1 saturated heterocycles. The molecule has 0 aliphatic carbocycles. The molecule has 1 amide bonds. The van der Waals surface area contributed by atoms with Gasteiger partial charge in [-0.1, -0.05) is 11.3 Å². The van der Waals surface area contributed by atoms with E-state index in [0.29, 0.717) is 28.3 Å². The number of amides is 1. The number of morpholine rings is 1. The van der Waals surface area contributed by atoms with Crippen molar-refractivity contribution in [2.45, 2.75) is 6.42 Å². The average molecular weight is 488 g/mol. The molecule has 0 saturated carbocycles. The number of thiazole rings is 1. The molecule has 2 aromatic heterocycles. The lowest BCUT2D eigenvalue weighted by molar-refractivity contribution is 0.0376. The summed E-state index contributed by atoms with van der Waals surface area (Å²) in [5.41, 5.74) is 2.60. The first-order valence-corrected chi connectivity index (χ1v) is 11.4. The van der Waals surface area contributed by atoms with Crippen LogP contribution in [-0.4, -0.2) is 65.2 Å². The molecule has 33 heavy (non-hydrogen) atoms. The number of benzene rings is 2. The highest BCUT2D eigenvalue weighted by molar-refractivity contribution is 7.22. The van der Waals surface area contributed by atoms with Gasteiger partial charge in [0.2, 0.25) is 0 Å². The van der Waals surface area contributed by atoms with Crippen LogP contribution in [0.4, 0.5) is 9.52 Å². The summed E-state index contributed by atoms with van der Waals surface area (Å²) in [5, 5.41) is 0.567. The van der Waals surface area contributed by atoms with Crippen molar-refractivity contribution in [2.24, 2.45) is 0 Å². The number of rotatable bonds is 6. The van der Waals surface area contributed by atoms with Crippen LogP contribution in [0.25, 0.3) is 21.3 Å². The minimum atomic E-state index is -0.314. The van der Waals surface area contributed by atoms with E-state index < -0.39 is 0 Å². The molecule has 2 aromatic carbocycles. The summed E-state index contributed by atoms with van der Waals surface area (Å²) in [4.78, 5) is 30.8. The number of fused-ring (bicyclic) bond motifs is 2. The zero-order valence-corrected chi connectivity index (χ0v) is 19.4. The Hall–Kier alpha value is -2.72. The van der Waals surface area contributed by atoms with Crippen LogP contribution in [0.1, 0.15) is 16.8 Å². The van der Waals surface area contributed by atoms with Crippen molar-refractivity contribution in [3.05, 3.63) is 60.2 Å². The van der Waals surface area contributed by atoms with Crippen molar-refractivity contribution in [1.82, 2.24) is 19.9 Å². The Kier molecular flexibility index (Phi) is 7.44. The number of hydrogen-bond acceptors (Lipinski definition) is 7. The summed E-state index contributed by atoms with van der Waals surface area (Å²) < 4.78 is 19.8. The molecule has 4 aromatic rings. The first-order valence-electron chi connectivity index (χ1n) is 10.6. The molecule has 0 spiro atoms. The number of carbonyl (C=O) groups excluding carboxylic acids is 1. The van der Waals surface area contributed by atoms with E-state index in [4.69, 9.17) is 4.74 Å². The molecule has 10 heteroatoms. The first-order chi connectivity index (χ1) is 15.7. The van der Waals surface area contributed by atoms with Crippen LogP contribution in [0.2, 0.25) is 0 Å². The standard InChI is InChI=1S/C23H22FN5O2S.ClH/c24-17-3-5-19-21(15-17)32-23(27-19)29(9-1-8-28-10-12-31-13-11-28)22(30)16-2-4-18-20(14-16)26-7-6-25-18;/h2-7,14-15H,1,8-13H2;1H. The summed E-state index contributed by atoms with van der Waals surface area (Å²) in [7, 11) is 0. The van der Waals surface area contributed by atoms with E-state index >= 15 is 0 Å². The number of nitrogens with zero attached hydrogens (tertiary/aromatic N) is 5. The van der Waals surface area contributed by atoms with E-state index in [1.807, 2.05) is 0 Å². The van der Waals surface area contributed by atoms with Crippen LogP contribution in [0.5, 0.6) is 0 Å². The topological polar surface area (TPSA) is 71.5 Å². The third-order valence-electron chi connectivity index (χ3n) is 5.49. The van der Waals surface area contributed by atoms with Crippen molar-refractivity contribution >= 4 is 56.0 Å². The van der Waals surface area contributed by atoms with Crippen molar-refractivity contribution in [3.63, 3.8) is 0 Å². The lowest BCUT2D eigenvalue weighted by atomic mass is 10.1. The van der Waals surface area contributed by atoms with Gasteiger partial charge < -0.3 is 4.74 Å². The van der Waals surface area contributed by atoms with Gasteiger partial charge in [0.1, 0.15) is 5.82 Å². The second kappa shape index (κ2) is 10.5. The van der Waals surface area contributed by atoms with Gasteiger partial charge in [-0.25, -0.2) is 9.37 Å². The van der Waals surface area contributed by atoms with Crippen molar-refractivity contribution in [3.8, 4) is 0 Å². The van der Waals surface area contributed by atoms with Gasteiger partial charge in [-0.05, 0) is 42.8 Å². The molecule has 5 rings (SSSR count). The zero-order valence-electron chi connectivity index (χ0n) is 17.8. The summed E-state index contributed by atoms with van der Waals surface area (Å²) in [5.74, 6) is -0.468. The Labute approximate surface area is 200 Å². The Balaban J connectivity index is 0.00000259. The van der Waals surface area contributed by atoms with Crippen LogP contribution in [-0.2, 0) is 4.74 Å². The molecule has 3 heterocycles. The minimum Gasteiger partial charge on any atom is -0.379 e. The number of carbonyl (C=O) groups is 1. The van der Waals surface area contributed by atoms with Gasteiger partial charge in [-0.15, -0.1) is 12.4 Å². The average Bonchev–Trinajstić information content (AvgIpc) is 3.24. The van der Waals surface area contributed by atoms with Gasteiger partial charge in [0, 0.05) is 44.1 Å². The van der Waals surface area contributed by atoms with E-state index in [-0.39, 0.29) is 24.1 Å². The van der Waals surface area contributed by atoms with E-state index in [1.165, 1.54) is 23.5 Å². The number of aromatic nitrogens is 3. The Morgan fingerprint density at radius 1 is 1.06 bits per heavy atom. The predicted molar refractivity (Wildman–Crippen MR) is 130 cm³/mol. The SMILES string of the molecule is Cl.O=C(c1ccc2nccnc2c1)N(CCCN1CCOCC1)c1nc2ccc(F)cc2s1. The molecular weight excluding hydrogens is 465 g/mol. The smallest absolute Gasteiger partial charge is 0.260 e. The second-order valence-corrected chi connectivity index (χ2v) is 8.64. The van der Waals surface area contributed by atoms with Crippen LogP contribution >= 0.6 is 23.7 Å². The van der Waals surface area contributed by atoms with E-state index in [2.05, 4.69) is 19.9 Å². The number of ether oxygens (including phenoxy) is 1. The quantitative estimate of drug-likeness (QED) is 0.406. The fourth-order valence-corrected chi connectivity index (χ4v) is 4.83. The maximum atomic E-state index is 13.7. The molecule has 1 aliphatic heterocycles. The largest absolute Gasteiger partial charge is 0.379 e. The van der Waals surface area contributed by atoms with Gasteiger partial charge in [0.05, 0.1) is 34.5 Å². The van der Waals surface area contributed by atoms with Crippen molar-refractivity contribution < 1.29 is 13.9 Å². The molecule has 0 atom stereocenters. The highest BCUT2D eigenvalue weighted by Gasteiger charge is 2.22. The molecule has 172 valence electrons. The third-order valence-corrected chi connectivity index (χ3v) is 6.53. The fraction of sp³-hybridized carbons (Fsp3) is 0.304. The number of anilines is 1. The third kappa shape index (κ3) is 5.27. The Morgan fingerprint density at radius 2 is 1.82 bits per heavy atom. The van der Waals surface area contributed by atoms with Crippen LogP contribution in [0, 0.1) is 5.82 Å². The van der Waals surface area contributed by atoms with Gasteiger partial charge in [0.25, 0.3) is 5.91 Å². The minimum absolute atomic E-state index is 0. The molecule has 1 fully saturated rings. The van der Waals surface area contributed by atoms with E-state index in [0.717, 1.165) is 49.5 Å². The first kappa shape index (κ1) is 23.4. The maximum Gasteiger partial charge on any atom is 0.260 e. The second-order valence-electron chi connectivity index (χ2n) is 7.63. The van der Waals surface area contributed by atoms with E-state index in [1.54, 1.807) is 41.6 Å². The summed E-state index contributed by atoms with van der Waals surface area (Å²) >= 11 is 1.32. The molecule has 0 unspecified atom stereocenters. The van der Waals surface area contributed by atoms with Crippen molar-refractivity contribution in [1.29, 1.82) is 0 Å². The zero-order chi connectivity index (χ0) is 21.9. The molecular formula is C23H23ClFN5O2S. The summed E-state index contributed by atoms with van der Waals surface area (Å²) in [6, 6.07) is 9.81. The Bertz CT molecular complexity index is 1260. The molecule has 7 nitrogen and oxygen atoms in total. The van der Waals surface area contributed by atoms with E-state index in [9.17, 15) is 9.18 Å². The number of halogens is 2. The normalized spacial score (nSPS) is 14.3. The fourth-order valence-electron chi connectivity index (χ4n) is 3.82. The highest BCUT2D eigenvalue weighted by Crippen LogP contribution is 2.30. The monoisotopic (exact) mass is 487 g/mol. The highest BCUT2D eigenvalue weighted by atomic mass is 35.5. The lowest BCUT2D eigenvalue weighted by Crippen LogP contribution is -2.39. The summed E-state index contributed by atoms with van der Waals surface area (Å²) in [6.45, 7) is 4.66. The predicted octanol–water partition coefficient (Wildman–Crippen LogP) is 4.17. The van der Waals surface area contributed by atoms with Crippen LogP contribution in [0.3, 0.4) is 0 Å². The van der Waals surface area contributed by atoms with Gasteiger partial charge in [0.15, 0.2) is 5.13 Å². The van der Waals surface area contributed by atoms with Gasteiger partial charge in [-0.2, -0.15) is 0 Å². The van der Waals surface area contributed by atoms with Crippen molar-refractivity contribution in [2.75, 3.05) is 44.3 Å². The molecule has 0 radical (unpaired) electrons. The number of hydrogen-bond donors (Lipinski definition) is 0. The molecule has 0 N–H and O–H groups in total. The molecule has 1 aliphatic rings. The van der Waals surface area contributed by atoms with Crippen LogP contribution in [0.15, 0.2) is 48.8 Å².